The third-order valence-corrected chi connectivity index (χ3v) is 1.82. The minimum Gasteiger partial charge on any atom is -0.502 e. The van der Waals surface area contributed by atoms with Crippen LogP contribution in [0.2, 0.25) is 0 Å². The summed E-state index contributed by atoms with van der Waals surface area (Å²) in [5.41, 5.74) is -2.57. The Morgan fingerprint density at radius 3 is 2.38 bits per heavy atom. The predicted octanol–water partition coefficient (Wildman–Crippen LogP) is 2.33. The van der Waals surface area contributed by atoms with Crippen molar-refractivity contribution in [2.45, 2.75) is 6.18 Å². The number of methoxy groups -OCH3 is 1. The summed E-state index contributed by atoms with van der Waals surface area (Å²) < 4.78 is 41.8. The molecule has 0 aliphatic heterocycles. The number of halogens is 3. The number of nitro groups is 1. The minimum atomic E-state index is -4.93. The fourth-order valence-corrected chi connectivity index (χ4v) is 1.15. The number of ether oxygens (including phenoxy) is 1. The second-order valence-corrected chi connectivity index (χ2v) is 2.77. The third-order valence-electron chi connectivity index (χ3n) is 1.82. The largest absolute Gasteiger partial charge is 0.502 e. The number of benzene rings is 1. The Hall–Kier alpha value is -1.99. The van der Waals surface area contributed by atoms with Crippen LogP contribution >= 0.6 is 0 Å². The smallest absolute Gasteiger partial charge is 0.423 e. The van der Waals surface area contributed by atoms with Crippen LogP contribution in [0.25, 0.3) is 0 Å². The van der Waals surface area contributed by atoms with Crippen molar-refractivity contribution >= 4 is 5.69 Å². The van der Waals surface area contributed by atoms with E-state index in [1.165, 1.54) is 0 Å². The van der Waals surface area contributed by atoms with Gasteiger partial charge in [-0.2, -0.15) is 13.2 Å². The Bertz CT molecular complexity index is 430. The summed E-state index contributed by atoms with van der Waals surface area (Å²) >= 11 is 0. The highest BCUT2D eigenvalue weighted by Crippen LogP contribution is 2.45. The van der Waals surface area contributed by atoms with Crippen LogP contribution in [-0.4, -0.2) is 17.1 Å². The maximum atomic E-state index is 12.5. The molecule has 88 valence electrons. The van der Waals surface area contributed by atoms with Crippen molar-refractivity contribution in [3.8, 4) is 11.5 Å². The maximum absolute atomic E-state index is 12.5. The normalized spacial score (nSPS) is 11.2. The maximum Gasteiger partial charge on any atom is 0.423 e. The van der Waals surface area contributed by atoms with E-state index in [0.717, 1.165) is 19.2 Å². The van der Waals surface area contributed by atoms with E-state index in [4.69, 9.17) is 5.11 Å². The van der Waals surface area contributed by atoms with Gasteiger partial charge in [0.1, 0.15) is 11.3 Å². The van der Waals surface area contributed by atoms with Crippen LogP contribution in [0.3, 0.4) is 0 Å². The van der Waals surface area contributed by atoms with E-state index in [0.29, 0.717) is 0 Å². The Labute approximate surface area is 87.2 Å². The zero-order valence-electron chi connectivity index (χ0n) is 7.91. The van der Waals surface area contributed by atoms with Gasteiger partial charge in [-0.25, -0.2) is 0 Å². The number of hydrogen-bond acceptors (Lipinski definition) is 4. The first-order valence-electron chi connectivity index (χ1n) is 3.90. The second kappa shape index (κ2) is 3.87. The number of nitro benzene ring substituents is 1. The van der Waals surface area contributed by atoms with Gasteiger partial charge in [-0.3, -0.25) is 10.1 Å². The molecule has 0 saturated carbocycles. The lowest BCUT2D eigenvalue weighted by Gasteiger charge is -2.12. The zero-order chi connectivity index (χ0) is 12.5. The standard InChI is InChI=1S/C8H6F3NO4/c1-16-5-3-2-4(12(14)15)7(13)6(5)8(9,10)11/h2-3,13H,1H3. The van der Waals surface area contributed by atoms with Crippen molar-refractivity contribution in [3.63, 3.8) is 0 Å². The van der Waals surface area contributed by atoms with Crippen molar-refractivity contribution < 1.29 is 27.9 Å². The van der Waals surface area contributed by atoms with Crippen LogP contribution < -0.4 is 4.74 Å². The Morgan fingerprint density at radius 2 is 2.00 bits per heavy atom. The summed E-state index contributed by atoms with van der Waals surface area (Å²) in [6.07, 6.45) is -4.93. The molecule has 0 aliphatic carbocycles. The van der Waals surface area contributed by atoms with E-state index in [1.54, 1.807) is 0 Å². The molecule has 0 aromatic heterocycles. The number of phenolic OH excluding ortho intramolecular Hbond substituents is 1. The number of hydrogen-bond donors (Lipinski definition) is 1. The second-order valence-electron chi connectivity index (χ2n) is 2.77. The van der Waals surface area contributed by atoms with E-state index < -0.39 is 33.8 Å². The van der Waals surface area contributed by atoms with Gasteiger partial charge in [0.05, 0.1) is 12.0 Å². The molecule has 0 amide bonds. The average Bonchev–Trinajstić information content (AvgIpc) is 2.14. The zero-order valence-corrected chi connectivity index (χ0v) is 7.91. The van der Waals surface area contributed by atoms with Crippen LogP contribution in [-0.2, 0) is 6.18 Å². The first-order valence-corrected chi connectivity index (χ1v) is 3.90. The van der Waals surface area contributed by atoms with E-state index in [1.807, 2.05) is 0 Å². The molecule has 0 unspecified atom stereocenters. The van der Waals surface area contributed by atoms with Crippen LogP contribution in [0.5, 0.6) is 11.5 Å². The molecule has 0 fully saturated rings. The summed E-state index contributed by atoms with van der Waals surface area (Å²) in [6, 6.07) is 1.52. The molecular formula is C8H6F3NO4. The van der Waals surface area contributed by atoms with Gasteiger partial charge in [0.15, 0.2) is 0 Å². The summed E-state index contributed by atoms with van der Waals surface area (Å²) in [5.74, 6) is -2.12. The molecule has 1 aromatic carbocycles. The van der Waals surface area contributed by atoms with Crippen LogP contribution in [0.1, 0.15) is 5.56 Å². The highest BCUT2D eigenvalue weighted by Gasteiger charge is 2.40. The molecule has 0 saturated heterocycles. The summed E-state index contributed by atoms with van der Waals surface area (Å²) in [5, 5.41) is 19.5. The lowest BCUT2D eigenvalue weighted by Crippen LogP contribution is -2.09. The van der Waals surface area contributed by atoms with Crippen molar-refractivity contribution in [2.75, 3.05) is 7.11 Å². The van der Waals surface area contributed by atoms with Gasteiger partial charge in [-0.15, -0.1) is 0 Å². The van der Waals surface area contributed by atoms with E-state index in [-0.39, 0.29) is 0 Å². The van der Waals surface area contributed by atoms with Gasteiger partial charge in [0.25, 0.3) is 0 Å². The minimum absolute atomic E-state index is 0.671. The lowest BCUT2D eigenvalue weighted by atomic mass is 10.1. The molecule has 0 bridgehead atoms. The fraction of sp³-hybridized carbons (Fsp3) is 0.250. The van der Waals surface area contributed by atoms with Crippen molar-refractivity contribution in [1.29, 1.82) is 0 Å². The topological polar surface area (TPSA) is 72.6 Å². The highest BCUT2D eigenvalue weighted by atomic mass is 19.4. The molecular weight excluding hydrogens is 231 g/mol. The average molecular weight is 237 g/mol. The third kappa shape index (κ3) is 2.00. The van der Waals surface area contributed by atoms with Gasteiger partial charge in [-0.05, 0) is 6.07 Å². The van der Waals surface area contributed by atoms with Gasteiger partial charge < -0.3 is 9.84 Å². The molecule has 0 spiro atoms. The molecule has 1 rings (SSSR count). The molecule has 1 aromatic rings. The summed E-state index contributed by atoms with van der Waals surface area (Å²) in [6.45, 7) is 0. The molecule has 5 nitrogen and oxygen atoms in total. The van der Waals surface area contributed by atoms with Crippen LogP contribution in [0.15, 0.2) is 12.1 Å². The number of phenols is 1. The summed E-state index contributed by atoms with van der Waals surface area (Å²) in [4.78, 5) is 9.23. The number of rotatable bonds is 2. The Kier molecular flexibility index (Phi) is 2.92. The monoisotopic (exact) mass is 237 g/mol. The van der Waals surface area contributed by atoms with Gasteiger partial charge in [-0.1, -0.05) is 0 Å². The van der Waals surface area contributed by atoms with Crippen molar-refractivity contribution in [2.24, 2.45) is 0 Å². The molecule has 0 radical (unpaired) electrons. The van der Waals surface area contributed by atoms with Gasteiger partial charge >= 0.3 is 11.9 Å². The first kappa shape index (κ1) is 12.1. The Morgan fingerprint density at radius 1 is 1.44 bits per heavy atom. The first-order chi connectivity index (χ1) is 7.29. The molecule has 8 heteroatoms. The van der Waals surface area contributed by atoms with E-state index in [9.17, 15) is 23.3 Å². The molecule has 16 heavy (non-hydrogen) atoms. The SMILES string of the molecule is COc1ccc([N+](=O)[O-])c(O)c1C(F)(F)F. The number of nitrogens with zero attached hydrogens (tertiary/aromatic N) is 1. The van der Waals surface area contributed by atoms with Crippen molar-refractivity contribution in [1.82, 2.24) is 0 Å². The van der Waals surface area contributed by atoms with Gasteiger partial charge in [0.2, 0.25) is 5.75 Å². The van der Waals surface area contributed by atoms with Gasteiger partial charge in [0, 0.05) is 6.07 Å². The molecule has 0 aliphatic rings. The number of alkyl halides is 3. The fourth-order valence-electron chi connectivity index (χ4n) is 1.15. The van der Waals surface area contributed by atoms with E-state index >= 15 is 0 Å². The quantitative estimate of drug-likeness (QED) is 0.632. The molecule has 0 heterocycles. The van der Waals surface area contributed by atoms with Crippen LogP contribution in [0, 0.1) is 10.1 Å². The highest BCUT2D eigenvalue weighted by molar-refractivity contribution is 5.58. The Balaban J connectivity index is 3.53. The molecule has 1 N–H and O–H groups in total. The predicted molar refractivity (Wildman–Crippen MR) is 46.3 cm³/mol. The number of aromatic hydroxyl groups is 1. The van der Waals surface area contributed by atoms with E-state index in [2.05, 4.69) is 4.74 Å². The summed E-state index contributed by atoms with van der Waals surface area (Å²) in [7, 11) is 0.968. The lowest BCUT2D eigenvalue weighted by molar-refractivity contribution is -0.386. The van der Waals surface area contributed by atoms with Crippen molar-refractivity contribution in [3.05, 3.63) is 27.8 Å². The van der Waals surface area contributed by atoms with Crippen LogP contribution in [0.4, 0.5) is 18.9 Å². The molecule has 0 atom stereocenters.